The molecule has 1 aliphatic heterocycles. The highest BCUT2D eigenvalue weighted by molar-refractivity contribution is 8.00. The molecule has 2 rings (SSSR count). The van der Waals surface area contributed by atoms with Crippen LogP contribution in [0.3, 0.4) is 0 Å². The fraction of sp³-hybridized carbons (Fsp3) is 0.364. The van der Waals surface area contributed by atoms with Gasteiger partial charge in [0.2, 0.25) is 0 Å². The Morgan fingerprint density at radius 2 is 2.13 bits per heavy atom. The number of hydrogen-bond donors (Lipinski definition) is 2. The Bertz CT molecular complexity index is 342. The minimum absolute atomic E-state index is 0.143. The predicted molar refractivity (Wildman–Crippen MR) is 60.1 cm³/mol. The van der Waals surface area contributed by atoms with Crippen LogP contribution in [0.15, 0.2) is 35.2 Å². The first-order valence-corrected chi connectivity index (χ1v) is 5.83. The summed E-state index contributed by atoms with van der Waals surface area (Å²) >= 11 is 1.64. The monoisotopic (exact) mass is 223 g/mol. The van der Waals surface area contributed by atoms with Gasteiger partial charge in [-0.25, -0.2) is 0 Å². The maximum Gasteiger partial charge on any atom is 0.321 e. The molecule has 1 aliphatic rings. The summed E-state index contributed by atoms with van der Waals surface area (Å²) in [6.07, 6.45) is 0.913. The van der Waals surface area contributed by atoms with Crippen LogP contribution in [0.1, 0.15) is 6.42 Å². The van der Waals surface area contributed by atoms with Crippen molar-refractivity contribution in [3.05, 3.63) is 30.3 Å². The molecule has 15 heavy (non-hydrogen) atoms. The molecule has 1 saturated heterocycles. The Labute approximate surface area is 92.9 Å². The molecule has 0 aliphatic carbocycles. The number of benzene rings is 1. The van der Waals surface area contributed by atoms with Crippen LogP contribution in [0, 0.1) is 0 Å². The summed E-state index contributed by atoms with van der Waals surface area (Å²) in [4.78, 5) is 12.1. The van der Waals surface area contributed by atoms with Gasteiger partial charge in [0.25, 0.3) is 0 Å². The molecule has 0 amide bonds. The Hall–Kier alpha value is -1.00. The van der Waals surface area contributed by atoms with E-state index in [2.05, 4.69) is 5.32 Å². The van der Waals surface area contributed by atoms with Gasteiger partial charge in [0.1, 0.15) is 6.04 Å². The van der Waals surface area contributed by atoms with Crippen molar-refractivity contribution >= 4 is 17.7 Å². The lowest BCUT2D eigenvalue weighted by Crippen LogP contribution is -2.36. The molecular formula is C11H13NO2S. The second kappa shape index (κ2) is 4.68. The summed E-state index contributed by atoms with van der Waals surface area (Å²) in [5, 5.41) is 12.1. The standard InChI is InChI=1S/C11H13NO2S/c13-11(14)10-9(6-7-12-10)15-8-4-2-1-3-5-8/h1-5,9-10,12H,6-7H2,(H,13,14). The van der Waals surface area contributed by atoms with Crippen LogP contribution in [-0.2, 0) is 4.79 Å². The molecule has 3 nitrogen and oxygen atoms in total. The number of aliphatic carboxylic acids is 1. The third-order valence-corrected chi connectivity index (χ3v) is 3.82. The van der Waals surface area contributed by atoms with Gasteiger partial charge in [0, 0.05) is 10.1 Å². The van der Waals surface area contributed by atoms with Gasteiger partial charge in [0.15, 0.2) is 0 Å². The zero-order valence-electron chi connectivity index (χ0n) is 8.22. The van der Waals surface area contributed by atoms with Gasteiger partial charge < -0.3 is 10.4 Å². The molecule has 0 saturated carbocycles. The first kappa shape index (κ1) is 10.5. The highest BCUT2D eigenvalue weighted by Crippen LogP contribution is 2.29. The highest BCUT2D eigenvalue weighted by atomic mass is 32.2. The van der Waals surface area contributed by atoms with Crippen LogP contribution in [0.4, 0.5) is 0 Å². The van der Waals surface area contributed by atoms with Crippen molar-refractivity contribution in [1.82, 2.24) is 5.32 Å². The lowest BCUT2D eigenvalue weighted by atomic mass is 10.2. The molecule has 80 valence electrons. The van der Waals surface area contributed by atoms with Crippen molar-refractivity contribution in [3.63, 3.8) is 0 Å². The number of carboxylic acid groups (broad SMARTS) is 1. The Kier molecular flexibility index (Phi) is 3.28. The van der Waals surface area contributed by atoms with Crippen molar-refractivity contribution in [1.29, 1.82) is 0 Å². The maximum absolute atomic E-state index is 10.9. The van der Waals surface area contributed by atoms with E-state index >= 15 is 0 Å². The minimum Gasteiger partial charge on any atom is -0.480 e. The molecular weight excluding hydrogens is 210 g/mol. The second-order valence-electron chi connectivity index (χ2n) is 3.53. The zero-order valence-corrected chi connectivity index (χ0v) is 9.04. The van der Waals surface area contributed by atoms with Crippen LogP contribution in [0.25, 0.3) is 0 Å². The molecule has 0 spiro atoms. The van der Waals surface area contributed by atoms with Crippen molar-refractivity contribution in [2.24, 2.45) is 0 Å². The third kappa shape index (κ3) is 2.52. The summed E-state index contributed by atoms with van der Waals surface area (Å²) in [7, 11) is 0. The number of carboxylic acids is 1. The van der Waals surface area contributed by atoms with E-state index in [4.69, 9.17) is 5.11 Å². The topological polar surface area (TPSA) is 49.3 Å². The third-order valence-electron chi connectivity index (χ3n) is 2.46. The number of hydrogen-bond acceptors (Lipinski definition) is 3. The zero-order chi connectivity index (χ0) is 10.7. The van der Waals surface area contributed by atoms with Gasteiger partial charge in [-0.2, -0.15) is 0 Å². The SMILES string of the molecule is O=C(O)C1NCCC1Sc1ccccc1. The summed E-state index contributed by atoms with van der Waals surface area (Å²) in [5.74, 6) is -0.749. The van der Waals surface area contributed by atoms with E-state index in [0.29, 0.717) is 0 Å². The van der Waals surface area contributed by atoms with Crippen molar-refractivity contribution in [2.45, 2.75) is 22.6 Å². The molecule has 1 aromatic carbocycles. The maximum atomic E-state index is 10.9. The van der Waals surface area contributed by atoms with E-state index in [1.165, 1.54) is 0 Å². The molecule has 1 fully saturated rings. The largest absolute Gasteiger partial charge is 0.480 e. The van der Waals surface area contributed by atoms with Crippen LogP contribution < -0.4 is 5.32 Å². The van der Waals surface area contributed by atoms with Gasteiger partial charge >= 0.3 is 5.97 Å². The minimum atomic E-state index is -0.749. The van der Waals surface area contributed by atoms with Crippen LogP contribution in [0.5, 0.6) is 0 Å². The van der Waals surface area contributed by atoms with Gasteiger partial charge in [-0.05, 0) is 25.1 Å². The molecule has 4 heteroatoms. The fourth-order valence-electron chi connectivity index (χ4n) is 1.73. The molecule has 2 atom stereocenters. The van der Waals surface area contributed by atoms with E-state index in [0.717, 1.165) is 17.9 Å². The normalized spacial score (nSPS) is 25.3. The summed E-state index contributed by atoms with van der Waals surface area (Å²) in [6, 6.07) is 9.53. The first-order valence-electron chi connectivity index (χ1n) is 4.95. The molecule has 1 aromatic rings. The second-order valence-corrected chi connectivity index (χ2v) is 4.84. The fourth-order valence-corrected chi connectivity index (χ4v) is 2.97. The van der Waals surface area contributed by atoms with Gasteiger partial charge in [-0.15, -0.1) is 11.8 Å². The molecule has 1 heterocycles. The van der Waals surface area contributed by atoms with Crippen LogP contribution >= 0.6 is 11.8 Å². The van der Waals surface area contributed by atoms with Crippen molar-refractivity contribution in [2.75, 3.05) is 6.54 Å². The summed E-state index contributed by atoms with van der Waals surface area (Å²) in [5.41, 5.74) is 0. The van der Waals surface area contributed by atoms with E-state index in [1.807, 2.05) is 30.3 Å². The predicted octanol–water partition coefficient (Wildman–Crippen LogP) is 1.59. The summed E-state index contributed by atoms with van der Waals surface area (Å²) < 4.78 is 0. The molecule has 0 radical (unpaired) electrons. The van der Waals surface area contributed by atoms with Crippen molar-refractivity contribution < 1.29 is 9.90 Å². The lowest BCUT2D eigenvalue weighted by Gasteiger charge is -2.14. The molecule has 2 unspecified atom stereocenters. The Morgan fingerprint density at radius 1 is 1.40 bits per heavy atom. The Morgan fingerprint density at radius 3 is 2.80 bits per heavy atom. The first-order chi connectivity index (χ1) is 7.27. The smallest absolute Gasteiger partial charge is 0.321 e. The quantitative estimate of drug-likeness (QED) is 0.817. The summed E-state index contributed by atoms with van der Waals surface area (Å²) in [6.45, 7) is 0.793. The lowest BCUT2D eigenvalue weighted by molar-refractivity contribution is -0.138. The molecule has 0 aromatic heterocycles. The van der Waals surface area contributed by atoms with E-state index < -0.39 is 12.0 Å². The average Bonchev–Trinajstić information content (AvgIpc) is 2.67. The number of nitrogens with one attached hydrogen (secondary N) is 1. The number of thioether (sulfide) groups is 1. The van der Waals surface area contributed by atoms with E-state index in [9.17, 15) is 4.79 Å². The van der Waals surface area contributed by atoms with E-state index in [1.54, 1.807) is 11.8 Å². The van der Waals surface area contributed by atoms with E-state index in [-0.39, 0.29) is 5.25 Å². The number of carbonyl (C=O) groups is 1. The number of rotatable bonds is 3. The highest BCUT2D eigenvalue weighted by Gasteiger charge is 2.32. The molecule has 2 N–H and O–H groups in total. The average molecular weight is 223 g/mol. The van der Waals surface area contributed by atoms with Crippen LogP contribution in [0.2, 0.25) is 0 Å². The molecule has 0 bridgehead atoms. The van der Waals surface area contributed by atoms with Crippen molar-refractivity contribution in [3.8, 4) is 0 Å². The van der Waals surface area contributed by atoms with Gasteiger partial charge in [-0.1, -0.05) is 18.2 Å². The van der Waals surface area contributed by atoms with Gasteiger partial charge in [0.05, 0.1) is 0 Å². The van der Waals surface area contributed by atoms with Crippen LogP contribution in [-0.4, -0.2) is 28.9 Å². The Balaban J connectivity index is 2.03. The van der Waals surface area contributed by atoms with Gasteiger partial charge in [-0.3, -0.25) is 4.79 Å².